The molecule has 0 fully saturated rings. The van der Waals surface area contributed by atoms with Gasteiger partial charge in [0.25, 0.3) is 0 Å². The van der Waals surface area contributed by atoms with Gasteiger partial charge in [-0.05, 0) is 28.1 Å². The average molecular weight is 328 g/mol. The zero-order valence-corrected chi connectivity index (χ0v) is 11.7. The Balaban J connectivity index is 2.58. The summed E-state index contributed by atoms with van der Waals surface area (Å²) in [6, 6.07) is 4.75. The summed E-state index contributed by atoms with van der Waals surface area (Å²) in [5.41, 5.74) is 0.929. The summed E-state index contributed by atoms with van der Waals surface area (Å²) >= 11 is 3.35. The Morgan fingerprint density at radius 1 is 1.32 bits per heavy atom. The van der Waals surface area contributed by atoms with Gasteiger partial charge >= 0.3 is 5.97 Å². The van der Waals surface area contributed by atoms with E-state index in [1.54, 1.807) is 12.1 Å². The van der Waals surface area contributed by atoms with Crippen LogP contribution in [0.4, 0.5) is 0 Å². The summed E-state index contributed by atoms with van der Waals surface area (Å²) in [5, 5.41) is 12.5. The second-order valence-corrected chi connectivity index (χ2v) is 4.43. The first-order valence-electron chi connectivity index (χ1n) is 5.18. The standard InChI is InChI=1S/C12H10BrNO5/c1-17-6-3-7(11(18-2)8(13)4-6)9-5-10(12(15)16)19-14-9/h3-5H,1-2H3,(H,15,16). The minimum Gasteiger partial charge on any atom is -0.497 e. The molecule has 0 spiro atoms. The van der Waals surface area contributed by atoms with E-state index in [1.165, 1.54) is 20.3 Å². The van der Waals surface area contributed by atoms with Crippen molar-refractivity contribution in [3.05, 3.63) is 28.4 Å². The van der Waals surface area contributed by atoms with Gasteiger partial charge in [-0.25, -0.2) is 4.79 Å². The zero-order valence-electron chi connectivity index (χ0n) is 10.1. The SMILES string of the molecule is COc1cc(Br)c(OC)c(-c2cc(C(=O)O)on2)c1. The van der Waals surface area contributed by atoms with Crippen LogP contribution in [-0.2, 0) is 0 Å². The third-order valence-electron chi connectivity index (χ3n) is 2.45. The minimum absolute atomic E-state index is 0.240. The molecule has 1 N–H and O–H groups in total. The van der Waals surface area contributed by atoms with E-state index in [-0.39, 0.29) is 5.76 Å². The number of benzene rings is 1. The lowest BCUT2D eigenvalue weighted by atomic mass is 10.1. The third kappa shape index (κ3) is 2.55. The van der Waals surface area contributed by atoms with Crippen molar-refractivity contribution in [3.8, 4) is 22.8 Å². The summed E-state index contributed by atoms with van der Waals surface area (Å²) in [7, 11) is 3.04. The summed E-state index contributed by atoms with van der Waals surface area (Å²) in [4.78, 5) is 10.8. The van der Waals surface area contributed by atoms with E-state index in [0.717, 1.165) is 0 Å². The molecule has 0 aliphatic rings. The highest BCUT2D eigenvalue weighted by atomic mass is 79.9. The number of methoxy groups -OCH3 is 2. The predicted octanol–water partition coefficient (Wildman–Crippen LogP) is 2.82. The van der Waals surface area contributed by atoms with Gasteiger partial charge in [0.15, 0.2) is 0 Å². The van der Waals surface area contributed by atoms with Crippen LogP contribution in [0.1, 0.15) is 10.6 Å². The molecule has 0 bridgehead atoms. The van der Waals surface area contributed by atoms with E-state index in [9.17, 15) is 4.79 Å². The topological polar surface area (TPSA) is 81.8 Å². The van der Waals surface area contributed by atoms with Crippen molar-refractivity contribution in [2.45, 2.75) is 0 Å². The fourth-order valence-electron chi connectivity index (χ4n) is 1.59. The zero-order chi connectivity index (χ0) is 14.0. The molecule has 0 atom stereocenters. The summed E-state index contributed by atoms with van der Waals surface area (Å²) in [5.74, 6) is -0.315. The van der Waals surface area contributed by atoms with E-state index >= 15 is 0 Å². The Morgan fingerprint density at radius 2 is 2.05 bits per heavy atom. The number of hydrogen-bond donors (Lipinski definition) is 1. The van der Waals surface area contributed by atoms with Gasteiger partial charge in [-0.3, -0.25) is 0 Å². The van der Waals surface area contributed by atoms with Crippen molar-refractivity contribution in [1.29, 1.82) is 0 Å². The lowest BCUT2D eigenvalue weighted by Gasteiger charge is -2.10. The van der Waals surface area contributed by atoms with Crippen LogP contribution in [0.3, 0.4) is 0 Å². The molecule has 1 aromatic carbocycles. The largest absolute Gasteiger partial charge is 0.497 e. The number of hydrogen-bond acceptors (Lipinski definition) is 5. The van der Waals surface area contributed by atoms with Crippen LogP contribution in [0.5, 0.6) is 11.5 Å². The first-order valence-corrected chi connectivity index (χ1v) is 5.98. The smallest absolute Gasteiger partial charge is 0.374 e. The third-order valence-corrected chi connectivity index (χ3v) is 3.04. The van der Waals surface area contributed by atoms with Gasteiger partial charge in [0, 0.05) is 6.07 Å². The molecular formula is C12H10BrNO5. The van der Waals surface area contributed by atoms with Crippen LogP contribution in [-0.4, -0.2) is 30.5 Å². The quantitative estimate of drug-likeness (QED) is 0.929. The molecule has 19 heavy (non-hydrogen) atoms. The van der Waals surface area contributed by atoms with Gasteiger partial charge in [0.1, 0.15) is 17.2 Å². The maximum Gasteiger partial charge on any atom is 0.374 e. The van der Waals surface area contributed by atoms with Crippen LogP contribution < -0.4 is 9.47 Å². The van der Waals surface area contributed by atoms with Crippen molar-refractivity contribution < 1.29 is 23.9 Å². The number of carboxylic acid groups (broad SMARTS) is 1. The molecule has 0 amide bonds. The van der Waals surface area contributed by atoms with Gasteiger partial charge < -0.3 is 19.1 Å². The van der Waals surface area contributed by atoms with E-state index in [4.69, 9.17) is 19.1 Å². The monoisotopic (exact) mass is 327 g/mol. The molecule has 7 heteroatoms. The van der Waals surface area contributed by atoms with E-state index in [2.05, 4.69) is 21.1 Å². The Kier molecular flexibility index (Phi) is 3.75. The molecule has 1 aromatic heterocycles. The van der Waals surface area contributed by atoms with Crippen LogP contribution in [0.2, 0.25) is 0 Å². The number of carboxylic acids is 1. The number of halogens is 1. The molecule has 2 rings (SSSR count). The van der Waals surface area contributed by atoms with Crippen molar-refractivity contribution >= 4 is 21.9 Å². The van der Waals surface area contributed by atoms with Crippen LogP contribution in [0.25, 0.3) is 11.3 Å². The fourth-order valence-corrected chi connectivity index (χ4v) is 2.19. The Hall–Kier alpha value is -2.02. The predicted molar refractivity (Wildman–Crippen MR) is 69.7 cm³/mol. The Bertz CT molecular complexity index is 623. The number of aromatic nitrogens is 1. The molecule has 0 aliphatic heterocycles. The number of nitrogens with zero attached hydrogens (tertiary/aromatic N) is 1. The molecule has 0 unspecified atom stereocenters. The maximum absolute atomic E-state index is 10.8. The number of carbonyl (C=O) groups is 1. The van der Waals surface area contributed by atoms with Crippen molar-refractivity contribution in [2.75, 3.05) is 14.2 Å². The molecule has 2 aromatic rings. The number of rotatable bonds is 4. The highest BCUT2D eigenvalue weighted by Gasteiger charge is 2.18. The highest BCUT2D eigenvalue weighted by molar-refractivity contribution is 9.10. The van der Waals surface area contributed by atoms with Gasteiger partial charge in [-0.2, -0.15) is 0 Å². The molecule has 0 aliphatic carbocycles. The van der Waals surface area contributed by atoms with E-state index < -0.39 is 5.97 Å². The molecule has 6 nitrogen and oxygen atoms in total. The molecular weight excluding hydrogens is 318 g/mol. The van der Waals surface area contributed by atoms with Gasteiger partial charge in [-0.1, -0.05) is 5.16 Å². The lowest BCUT2D eigenvalue weighted by molar-refractivity contribution is 0.0652. The van der Waals surface area contributed by atoms with E-state index in [0.29, 0.717) is 27.2 Å². The van der Waals surface area contributed by atoms with E-state index in [1.807, 2.05) is 0 Å². The first kappa shape index (κ1) is 13.4. The minimum atomic E-state index is -1.18. The maximum atomic E-state index is 10.8. The fraction of sp³-hybridized carbons (Fsp3) is 0.167. The van der Waals surface area contributed by atoms with Crippen LogP contribution in [0.15, 0.2) is 27.2 Å². The molecule has 0 saturated carbocycles. The molecule has 100 valence electrons. The first-order chi connectivity index (χ1) is 9.06. The van der Waals surface area contributed by atoms with Gasteiger partial charge in [0.2, 0.25) is 5.76 Å². The summed E-state index contributed by atoms with van der Waals surface area (Å²) < 4.78 is 15.8. The second kappa shape index (κ2) is 5.31. The second-order valence-electron chi connectivity index (χ2n) is 3.57. The number of aromatic carboxylic acids is 1. The lowest BCUT2D eigenvalue weighted by Crippen LogP contribution is -1.93. The average Bonchev–Trinajstić information content (AvgIpc) is 2.87. The number of ether oxygens (including phenoxy) is 2. The Morgan fingerprint density at radius 3 is 2.58 bits per heavy atom. The van der Waals surface area contributed by atoms with Crippen molar-refractivity contribution in [3.63, 3.8) is 0 Å². The van der Waals surface area contributed by atoms with Crippen molar-refractivity contribution in [1.82, 2.24) is 5.16 Å². The molecule has 1 heterocycles. The highest BCUT2D eigenvalue weighted by Crippen LogP contribution is 2.39. The van der Waals surface area contributed by atoms with Crippen LogP contribution >= 0.6 is 15.9 Å². The summed E-state index contributed by atoms with van der Waals surface area (Å²) in [6.07, 6.45) is 0. The molecule has 0 radical (unpaired) electrons. The van der Waals surface area contributed by atoms with Crippen LogP contribution in [0, 0.1) is 0 Å². The van der Waals surface area contributed by atoms with Gasteiger partial charge in [0.05, 0.1) is 24.3 Å². The van der Waals surface area contributed by atoms with Crippen molar-refractivity contribution in [2.24, 2.45) is 0 Å². The summed E-state index contributed by atoms with van der Waals surface area (Å²) in [6.45, 7) is 0. The normalized spacial score (nSPS) is 10.3. The molecule has 0 saturated heterocycles. The van der Waals surface area contributed by atoms with Gasteiger partial charge in [-0.15, -0.1) is 0 Å². The Labute approximate surface area is 117 Å².